The first-order valence-electron chi connectivity index (χ1n) is 31.0. The van der Waals surface area contributed by atoms with Crippen molar-refractivity contribution in [3.05, 3.63) is 334 Å². The van der Waals surface area contributed by atoms with Crippen LogP contribution in [0.3, 0.4) is 0 Å². The second-order valence-corrected chi connectivity index (χ2v) is 33.3. The third-order valence-electron chi connectivity index (χ3n) is 21.1. The predicted octanol–water partition coefficient (Wildman–Crippen LogP) is 16.7. The van der Waals surface area contributed by atoms with Crippen molar-refractivity contribution in [2.24, 2.45) is 0 Å². The van der Waals surface area contributed by atoms with E-state index in [-0.39, 0.29) is 0 Å². The summed E-state index contributed by atoms with van der Waals surface area (Å²) >= 11 is 0. The maximum absolute atomic E-state index is 2.48. The maximum atomic E-state index is 2.48. The SMILES string of the molecule is CN1c2ccccc2[Si]2(Cc3ccccc3C2)c2ccc(-c3ccc(C=Cc4ccc5c(c4)C4(c6ccccc6-c6ccccc64)c4cc(C=Cc6ccc(-c7ccc8c(c7)N(C)c7ccccc7[Si]87Cc8ccccc8C7)cc6)ccc4-5)cc3)cc21. The highest BCUT2D eigenvalue weighted by molar-refractivity contribution is 7.05. The largest absolute Gasteiger partial charge is 0.345 e. The van der Waals surface area contributed by atoms with Gasteiger partial charge in [0, 0.05) is 36.8 Å². The van der Waals surface area contributed by atoms with Crippen LogP contribution in [0.4, 0.5) is 22.7 Å². The van der Waals surface area contributed by atoms with Gasteiger partial charge in [0.2, 0.25) is 0 Å². The van der Waals surface area contributed by atoms with Crippen molar-refractivity contribution in [2.75, 3.05) is 23.9 Å². The number of benzene rings is 12. The van der Waals surface area contributed by atoms with E-state index in [1.165, 1.54) is 158 Å². The van der Waals surface area contributed by atoms with Gasteiger partial charge >= 0.3 is 0 Å². The molecule has 12 aromatic rings. The molecule has 0 saturated heterocycles. The van der Waals surface area contributed by atoms with Crippen LogP contribution in [0.15, 0.2) is 267 Å². The number of anilines is 4. The van der Waals surface area contributed by atoms with E-state index in [1.807, 2.05) is 0 Å². The molecule has 4 heteroatoms. The molecule has 0 saturated carbocycles. The molecule has 2 nitrogen and oxygen atoms in total. The lowest BCUT2D eigenvalue weighted by Gasteiger charge is -2.41. The lowest BCUT2D eigenvalue weighted by atomic mass is 9.70. The third kappa shape index (κ3) is 7.38. The van der Waals surface area contributed by atoms with Gasteiger partial charge in [0.15, 0.2) is 0 Å². The van der Waals surface area contributed by atoms with Crippen LogP contribution in [0.1, 0.15) is 66.8 Å². The lowest BCUT2D eigenvalue weighted by Crippen LogP contribution is -2.64. The number of hydrogen-bond donors (Lipinski definition) is 0. The molecule has 0 bridgehead atoms. The Hall–Kier alpha value is -9.85. The second-order valence-electron chi connectivity index (χ2n) is 25.4. The Bertz CT molecular complexity index is 4570. The Morgan fingerprint density at radius 3 is 1.02 bits per heavy atom. The highest BCUT2D eigenvalue weighted by Crippen LogP contribution is 2.63. The predicted molar refractivity (Wildman–Crippen MR) is 371 cm³/mol. The van der Waals surface area contributed by atoms with Crippen LogP contribution < -0.4 is 30.5 Å². The van der Waals surface area contributed by atoms with E-state index >= 15 is 0 Å². The summed E-state index contributed by atoms with van der Waals surface area (Å²) in [7, 11) is 0.412. The number of para-hydroxylation sites is 2. The highest BCUT2D eigenvalue weighted by atomic mass is 28.3. The average Bonchev–Trinajstić information content (AvgIpc) is 1.57. The van der Waals surface area contributed by atoms with Gasteiger partial charge in [0.25, 0.3) is 0 Å². The van der Waals surface area contributed by atoms with E-state index < -0.39 is 21.6 Å². The fourth-order valence-electron chi connectivity index (χ4n) is 17.0. The minimum absolute atomic E-state index is 0.460. The van der Waals surface area contributed by atoms with Crippen LogP contribution in [0, 0.1) is 0 Å². The number of nitrogens with zero attached hydrogens (tertiary/aromatic N) is 2. The summed E-state index contributed by atoms with van der Waals surface area (Å²) < 4.78 is 0. The third-order valence-corrected chi connectivity index (χ3v) is 30.8. The minimum atomic E-state index is -2.05. The standard InChI is InChI=1S/C83H62N2Si2/c1-84-75-23-11-13-25-79(75)86(51-63-15-3-4-16-64(63)52-86)81-45-41-61(49-77(81)84)59-37-31-55(32-38-59)27-29-57-35-43-69-70-44-36-58(48-74(70)83(73(69)47-57)71-21-9-7-19-67(71)68-20-8-10-22-72(68)83)30-28-56-33-39-60(40-34-56)62-42-46-82-78(50-62)85(2)76-24-12-14-26-80(76)87(82)53-65-17-5-6-18-66(65)54-87/h3-50H,51-54H2,1-2H3. The molecule has 12 aromatic carbocycles. The Kier molecular flexibility index (Phi) is 11.1. The molecule has 0 radical (unpaired) electrons. The van der Waals surface area contributed by atoms with Gasteiger partial charge in [-0.05, 0) is 193 Å². The van der Waals surface area contributed by atoms with Crippen LogP contribution in [0.5, 0.6) is 0 Å². The first-order chi connectivity index (χ1) is 42.8. The van der Waals surface area contributed by atoms with Crippen LogP contribution >= 0.6 is 0 Å². The normalized spacial score (nSPS) is 15.9. The Morgan fingerprint density at radius 2 is 0.598 bits per heavy atom. The van der Waals surface area contributed by atoms with E-state index in [2.05, 4.69) is 315 Å². The Morgan fingerprint density at radius 1 is 0.276 bits per heavy atom. The molecule has 0 aromatic heterocycles. The maximum Gasteiger partial charge on any atom is 0.132 e. The molecule has 0 fully saturated rings. The summed E-state index contributed by atoms with van der Waals surface area (Å²) in [5.74, 6) is 0. The van der Waals surface area contributed by atoms with Gasteiger partial charge in [-0.3, -0.25) is 0 Å². The quantitative estimate of drug-likeness (QED) is 0.121. The van der Waals surface area contributed by atoms with Crippen molar-refractivity contribution in [3.63, 3.8) is 0 Å². The fraction of sp³-hybridized carbons (Fsp3) is 0.0843. The minimum Gasteiger partial charge on any atom is -0.345 e. The molecule has 0 amide bonds. The molecule has 87 heavy (non-hydrogen) atoms. The first-order valence-corrected chi connectivity index (χ1v) is 35.8. The summed E-state index contributed by atoms with van der Waals surface area (Å²) in [6, 6.07) is 107. The van der Waals surface area contributed by atoms with E-state index in [9.17, 15) is 0 Å². The first kappa shape index (κ1) is 50.5. The lowest BCUT2D eigenvalue weighted by molar-refractivity contribution is 0.793. The number of hydrogen-bond acceptors (Lipinski definition) is 2. The summed E-state index contributed by atoms with van der Waals surface area (Å²) in [5, 5.41) is 6.27. The summed E-state index contributed by atoms with van der Waals surface area (Å²) in [6.45, 7) is 0. The summed E-state index contributed by atoms with van der Waals surface area (Å²) in [6.07, 6.45) is 9.19. The molecule has 3 spiro atoms. The van der Waals surface area contributed by atoms with Gasteiger partial charge in [-0.1, -0.05) is 255 Å². The van der Waals surface area contributed by atoms with E-state index in [1.54, 1.807) is 20.7 Å². The van der Waals surface area contributed by atoms with E-state index in [0.717, 1.165) is 0 Å². The van der Waals surface area contributed by atoms with Gasteiger partial charge in [-0.25, -0.2) is 0 Å². The van der Waals surface area contributed by atoms with Crippen LogP contribution in [0.2, 0.25) is 0 Å². The van der Waals surface area contributed by atoms with Crippen LogP contribution in [-0.4, -0.2) is 30.2 Å². The van der Waals surface area contributed by atoms with Gasteiger partial charge in [0.05, 0.1) is 5.41 Å². The molecule has 2 aliphatic carbocycles. The second kappa shape index (κ2) is 19.1. The Balaban J connectivity index is 0.641. The van der Waals surface area contributed by atoms with Crippen molar-refractivity contribution in [3.8, 4) is 44.5 Å². The molecule has 18 rings (SSSR count). The highest BCUT2D eigenvalue weighted by Gasteiger charge is 2.53. The average molecular weight is 1140 g/mol. The van der Waals surface area contributed by atoms with Crippen molar-refractivity contribution in [1.82, 2.24) is 0 Å². The van der Waals surface area contributed by atoms with E-state index in [0.29, 0.717) is 0 Å². The van der Waals surface area contributed by atoms with E-state index in [4.69, 9.17) is 0 Å². The van der Waals surface area contributed by atoms with Gasteiger partial charge in [0.1, 0.15) is 16.1 Å². The molecule has 412 valence electrons. The summed E-state index contributed by atoms with van der Waals surface area (Å²) in [5.41, 5.74) is 31.5. The fourth-order valence-corrected chi connectivity index (χ4v) is 27.9. The zero-order chi connectivity index (χ0) is 57.6. The Labute approximate surface area is 512 Å². The van der Waals surface area contributed by atoms with Crippen molar-refractivity contribution in [2.45, 2.75) is 29.6 Å². The molecule has 0 atom stereocenters. The van der Waals surface area contributed by atoms with Crippen molar-refractivity contribution < 1.29 is 0 Å². The van der Waals surface area contributed by atoms with Crippen molar-refractivity contribution in [1.29, 1.82) is 0 Å². The van der Waals surface area contributed by atoms with Gasteiger partial charge < -0.3 is 9.80 Å². The van der Waals surface area contributed by atoms with Crippen LogP contribution in [0.25, 0.3) is 68.8 Å². The molecule has 4 aliphatic heterocycles. The molecular weight excluding hydrogens is 1080 g/mol. The smallest absolute Gasteiger partial charge is 0.132 e. The number of rotatable bonds is 6. The molecule has 6 aliphatic rings. The molecule has 0 N–H and O–H groups in total. The zero-order valence-corrected chi connectivity index (χ0v) is 50.9. The molecular formula is C83H62N2Si2. The van der Waals surface area contributed by atoms with Crippen LogP contribution in [-0.2, 0) is 29.6 Å². The molecule has 4 heterocycles. The topological polar surface area (TPSA) is 6.48 Å². The molecule has 0 unspecified atom stereocenters. The summed E-state index contributed by atoms with van der Waals surface area (Å²) in [4.78, 5) is 4.90. The van der Waals surface area contributed by atoms with Gasteiger partial charge in [-0.15, -0.1) is 0 Å². The van der Waals surface area contributed by atoms with Crippen molar-refractivity contribution >= 4 is 83.9 Å². The van der Waals surface area contributed by atoms with Gasteiger partial charge in [-0.2, -0.15) is 0 Å². The number of fused-ring (bicyclic) bond motifs is 20. The monoisotopic (exact) mass is 1140 g/mol. The zero-order valence-electron chi connectivity index (χ0n) is 48.9.